The van der Waals surface area contributed by atoms with E-state index in [0.29, 0.717) is 0 Å². The Morgan fingerprint density at radius 2 is 0.240 bits per heavy atom. The minimum absolute atomic E-state index is 0.831. The lowest BCUT2D eigenvalue weighted by molar-refractivity contribution is -0.391. The van der Waals surface area contributed by atoms with Crippen LogP contribution in [0.25, 0.3) is 0 Å². The van der Waals surface area contributed by atoms with Gasteiger partial charge in [-0.25, -0.2) is 38.4 Å². The molecule has 24 nitrogen and oxygen atoms in total. The maximum absolute atomic E-state index is 15.5. The van der Waals surface area contributed by atoms with Gasteiger partial charge in [0.2, 0.25) is 0 Å². The number of alkyl halides is 48. The molecule has 0 aliphatic rings. The molecule has 830 valence electrons. The van der Waals surface area contributed by atoms with Crippen molar-refractivity contribution in [3.05, 3.63) is 174 Å². The summed E-state index contributed by atoms with van der Waals surface area (Å²) in [5.74, 6) is -18.0. The van der Waals surface area contributed by atoms with Crippen molar-refractivity contribution >= 4 is 47.8 Å². The van der Waals surface area contributed by atoms with Gasteiger partial charge in [-0.15, -0.1) is 0 Å². The highest BCUT2D eigenvalue weighted by Gasteiger charge is 2.83. The first-order chi connectivity index (χ1) is 67.0. The summed E-state index contributed by atoms with van der Waals surface area (Å²) in [4.78, 5) is 93.4. The van der Waals surface area contributed by atoms with Crippen LogP contribution in [-0.2, 0) is 121 Å². The van der Waals surface area contributed by atoms with Crippen molar-refractivity contribution in [2.24, 2.45) is 0 Å². The molecule has 72 heteroatoms. The second-order valence-electron chi connectivity index (χ2n) is 29.0. The molecule has 5 rings (SSSR count). The molecule has 5 aromatic carbocycles. The molecule has 0 atom stereocenters. The molecule has 0 amide bonds. The van der Waals surface area contributed by atoms with Crippen LogP contribution in [0.1, 0.15) is 89.0 Å². The van der Waals surface area contributed by atoms with Gasteiger partial charge >= 0.3 is 147 Å². The number of carboxylic acid groups (broad SMARTS) is 8. The highest BCUT2D eigenvalue weighted by Crippen LogP contribution is 2.64. The number of rotatable bonds is 32. The van der Waals surface area contributed by atoms with E-state index in [-0.39, 0.29) is 0 Å². The van der Waals surface area contributed by atoms with Gasteiger partial charge in [0.25, 0.3) is 44.8 Å². The fraction of sp³-hybridized carbons (Fsp3) is 0.410. The largest absolute Gasteiger partial charge is 0.480 e. The number of carboxylic acids is 8. The molecule has 150 heavy (non-hydrogen) atoms. The van der Waals surface area contributed by atoms with Gasteiger partial charge in [-0.2, -0.15) is 211 Å². The molecule has 8 N–H and O–H groups in total. The Morgan fingerprint density at radius 3 is 0.313 bits per heavy atom. The average Bonchev–Trinajstić information content (AvgIpc) is 0.717. The highest BCUT2D eigenvalue weighted by molar-refractivity contribution is 5.73. The summed E-state index contributed by atoms with van der Waals surface area (Å²) < 4.78 is 773. The molecule has 0 aliphatic carbocycles. The van der Waals surface area contributed by atoms with E-state index in [1.165, 1.54) is 0 Å². The van der Waals surface area contributed by atoms with Crippen LogP contribution in [0.5, 0.6) is 0 Å². The number of halogens is 48. The predicted octanol–water partition coefficient (Wildman–Crippen LogP) is 18.7. The molecule has 0 unspecified atom stereocenters. The summed E-state index contributed by atoms with van der Waals surface area (Å²) in [7, 11) is 0. The smallest absolute Gasteiger partial charge is 0.430 e. The molecule has 0 aliphatic heterocycles. The van der Waals surface area contributed by atoms with E-state index in [2.05, 4.69) is 37.9 Å². The first-order valence-electron chi connectivity index (χ1n) is 36.8. The fourth-order valence-electron chi connectivity index (χ4n) is 13.2. The SMILES string of the molecule is O=C(O)COC(c1cc(C#Cc2cc(C#Cc3cc(C(OCC(=O)O)(C(F)(F)F)C(F)(F)F)cc(C(OCC(=O)O)(C(F)(F)F)C(F)(F)F)c3)c(C#Cc3cc(C(OCC(=O)O)(C(F)(F)F)C(F)(F)F)cc(C(OCC(=O)O)(C(F)(F)F)C(F)(F)F)c3)cc2C#Cc2cc(C(OCC(=O)O)(C(F)(F)F)C(F)(F)F)cc(C(OCC(=O)O)(C(F)(F)F)C(F)(F)F)c2)cc(C(OCC(=O)O)(C(F)(F)F)C(F)(F)F)c1)(C(F)(F)F)C(F)(F)F. The molecule has 0 saturated heterocycles. The second-order valence-corrected chi connectivity index (χ2v) is 29.0. The lowest BCUT2D eigenvalue weighted by Gasteiger charge is -2.40. The van der Waals surface area contributed by atoms with Crippen LogP contribution in [0.15, 0.2) is 84.9 Å². The molecule has 0 fully saturated rings. The molecule has 0 radical (unpaired) electrons. The van der Waals surface area contributed by atoms with Crippen molar-refractivity contribution in [2.45, 2.75) is 144 Å². The molecule has 0 heterocycles. The van der Waals surface area contributed by atoms with Gasteiger partial charge in [0, 0.05) is 89.0 Å². The van der Waals surface area contributed by atoms with Gasteiger partial charge in [-0.3, -0.25) is 0 Å². The Kier molecular flexibility index (Phi) is 35.8. The topological polar surface area (TPSA) is 372 Å². The zero-order valence-electron chi connectivity index (χ0n) is 70.0. The standard InChI is InChI=1S/C78H38F48O24/c79-63(80,81)55(64(82,83)84,143-23-47(127)128)39-9-31(10-40(19-39)56(65(85,86)87,66(88,89)90)144-24-48(129)130)1-5-35-17-37(7-3-33-13-43(59(71(103,104)105,72(106,107)108)147-27-51(135)136)21-44(14-33)60(73(109,110)111,74(112,113)114)148-28-52(137)138)38(8-4-34-15-45(61(75(115,116)117,76(118,119)120)149-29-53(139)140)22-46(16-34)62(77(121,122)123,78(124,125)126)150-30-54(141)142)18-36(35)6-2-32-11-41(57(67(91,92)93,68(94,95)96)145-25-49(131)132)20-42(12-32)58(69(97,98)99,70(100,101)102)146-26-50(133)134/h9-22H,23-30H2,(H,127,128)(H,129,130)(H,131,132)(H,133,134)(H,135,136)(H,137,138)(H,139,140)(H,141,142). The van der Waals surface area contributed by atoms with Gasteiger partial charge in [-0.05, 0) is 84.9 Å². The van der Waals surface area contributed by atoms with E-state index in [9.17, 15) is 79.2 Å². The summed E-state index contributed by atoms with van der Waals surface area (Å²) in [5.41, 5.74) is -107. The molecule has 0 aromatic heterocycles. The lowest BCUT2D eigenvalue weighted by atomic mass is 9.83. The Morgan fingerprint density at radius 1 is 0.153 bits per heavy atom. The van der Waals surface area contributed by atoms with Gasteiger partial charge in [0.1, 0.15) is 52.9 Å². The highest BCUT2D eigenvalue weighted by atomic mass is 19.5. The average molecular weight is 2270 g/mol. The summed E-state index contributed by atoms with van der Waals surface area (Å²) >= 11 is 0. The maximum Gasteiger partial charge on any atom is 0.430 e. The third-order valence-electron chi connectivity index (χ3n) is 19.2. The number of carbonyl (C=O) groups is 8. The summed E-state index contributed by atoms with van der Waals surface area (Å²) in [6.07, 6.45) is -125. The van der Waals surface area contributed by atoms with Gasteiger partial charge in [-0.1, -0.05) is 47.4 Å². The van der Waals surface area contributed by atoms with E-state index >= 15 is 211 Å². The van der Waals surface area contributed by atoms with Crippen LogP contribution in [0.4, 0.5) is 211 Å². The first-order valence-corrected chi connectivity index (χ1v) is 36.8. The third kappa shape index (κ3) is 24.8. The van der Waals surface area contributed by atoms with Gasteiger partial charge < -0.3 is 78.7 Å². The van der Waals surface area contributed by atoms with Crippen LogP contribution in [0.3, 0.4) is 0 Å². The number of hydrogen-bond acceptors (Lipinski definition) is 16. The fourth-order valence-corrected chi connectivity index (χ4v) is 13.2. The maximum atomic E-state index is 15.5. The van der Waals surface area contributed by atoms with E-state index < -0.39 is 418 Å². The van der Waals surface area contributed by atoms with Crippen molar-refractivity contribution in [3.8, 4) is 47.4 Å². The monoisotopic (exact) mass is 2270 g/mol. The Bertz CT molecular complexity index is 5060. The molecular formula is C78H38F48O24. The van der Waals surface area contributed by atoms with Crippen molar-refractivity contribution in [1.82, 2.24) is 0 Å². The zero-order valence-corrected chi connectivity index (χ0v) is 70.0. The normalized spacial score (nSPS) is 14.0. The van der Waals surface area contributed by atoms with Crippen molar-refractivity contribution in [2.75, 3.05) is 52.9 Å². The summed E-state index contributed by atoms with van der Waals surface area (Å²) in [6.45, 7) is -25.9. The Hall–Kier alpha value is -13.6. The lowest BCUT2D eigenvalue weighted by Crippen LogP contribution is -2.58. The minimum Gasteiger partial charge on any atom is -0.480 e. The third-order valence-corrected chi connectivity index (χ3v) is 19.2. The van der Waals surface area contributed by atoms with E-state index in [4.69, 9.17) is 0 Å². The second kappa shape index (κ2) is 42.3. The minimum atomic E-state index is -7.82. The van der Waals surface area contributed by atoms with E-state index in [0.717, 1.165) is 47.4 Å². The van der Waals surface area contributed by atoms with Crippen LogP contribution < -0.4 is 0 Å². The molecule has 0 spiro atoms. The Balaban J connectivity index is 2.70. The van der Waals surface area contributed by atoms with Crippen LogP contribution >= 0.6 is 0 Å². The van der Waals surface area contributed by atoms with E-state index in [1.807, 2.05) is 0 Å². The number of benzene rings is 5. The quantitative estimate of drug-likeness (QED) is 0.0146. The molecule has 5 aromatic rings. The predicted molar refractivity (Wildman–Crippen MR) is 375 cm³/mol. The zero-order chi connectivity index (χ0) is 117. The number of aliphatic carboxylic acids is 8. The molecular weight excluding hydrogens is 2230 g/mol. The number of ether oxygens (including phenoxy) is 8. The Labute approximate surface area is 792 Å². The summed E-state index contributed by atoms with van der Waals surface area (Å²) in [6, 6.07) is -19.1. The summed E-state index contributed by atoms with van der Waals surface area (Å²) in [5, 5.41) is 73.9. The van der Waals surface area contributed by atoms with Crippen molar-refractivity contribution in [1.29, 1.82) is 0 Å². The van der Waals surface area contributed by atoms with Crippen molar-refractivity contribution in [3.63, 3.8) is 0 Å². The first kappa shape index (κ1) is 127. The van der Waals surface area contributed by atoms with Crippen LogP contribution in [0.2, 0.25) is 0 Å². The van der Waals surface area contributed by atoms with E-state index in [1.54, 1.807) is 0 Å². The molecule has 0 saturated carbocycles. The van der Waals surface area contributed by atoms with Crippen LogP contribution in [0, 0.1) is 47.4 Å². The van der Waals surface area contributed by atoms with Crippen LogP contribution in [-0.4, -0.2) is 240 Å². The number of hydrogen-bond donors (Lipinski definition) is 8. The van der Waals surface area contributed by atoms with Crippen molar-refractivity contribution < 1.29 is 328 Å². The van der Waals surface area contributed by atoms with Gasteiger partial charge in [0.05, 0.1) is 0 Å². The molecule has 0 bridgehead atoms. The van der Waals surface area contributed by atoms with Gasteiger partial charge in [0.15, 0.2) is 0 Å².